The normalized spacial score (nSPS) is 17.0. The molecule has 0 spiro atoms. The van der Waals surface area contributed by atoms with E-state index in [0.29, 0.717) is 48.0 Å². The van der Waals surface area contributed by atoms with Gasteiger partial charge in [-0.05, 0) is 25.8 Å². The number of fused-ring (bicyclic) bond motifs is 1. The van der Waals surface area contributed by atoms with Crippen LogP contribution in [0.2, 0.25) is 0 Å². The summed E-state index contributed by atoms with van der Waals surface area (Å²) in [7, 11) is -3.25. The lowest BCUT2D eigenvalue weighted by atomic mass is 10.1. The molecule has 0 aliphatic carbocycles. The molecule has 2 N–H and O–H groups in total. The van der Waals surface area contributed by atoms with Gasteiger partial charge in [0.25, 0.3) is 5.91 Å². The fourth-order valence-corrected chi connectivity index (χ4v) is 4.91. The summed E-state index contributed by atoms with van der Waals surface area (Å²) in [5.41, 5.74) is 8.39. The predicted molar refractivity (Wildman–Crippen MR) is 98.2 cm³/mol. The Morgan fingerprint density at radius 1 is 1.16 bits per heavy atom. The van der Waals surface area contributed by atoms with Crippen LogP contribution in [0, 0.1) is 13.8 Å². The van der Waals surface area contributed by atoms with Crippen molar-refractivity contribution in [2.24, 2.45) is 0 Å². The van der Waals surface area contributed by atoms with Crippen LogP contribution in [-0.4, -0.2) is 66.2 Å². The van der Waals surface area contributed by atoms with Gasteiger partial charge in [0, 0.05) is 31.6 Å². The number of rotatable bonds is 2. The zero-order valence-electron chi connectivity index (χ0n) is 14.4. The van der Waals surface area contributed by atoms with Gasteiger partial charge in [0.1, 0.15) is 9.71 Å². The summed E-state index contributed by atoms with van der Waals surface area (Å²) in [4.78, 5) is 15.7. The van der Waals surface area contributed by atoms with Crippen molar-refractivity contribution in [2.45, 2.75) is 20.3 Å². The molecule has 1 fully saturated rings. The number of anilines is 1. The first-order chi connectivity index (χ1) is 11.7. The van der Waals surface area contributed by atoms with Gasteiger partial charge in [-0.1, -0.05) is 0 Å². The summed E-state index contributed by atoms with van der Waals surface area (Å²) in [6.07, 6.45) is 1.79. The molecule has 3 heterocycles. The molecule has 0 unspecified atom stereocenters. The highest BCUT2D eigenvalue weighted by Gasteiger charge is 2.27. The minimum atomic E-state index is -3.25. The third kappa shape index (κ3) is 3.33. The number of nitrogens with zero attached hydrogens (tertiary/aromatic N) is 4. The Kier molecular flexibility index (Phi) is 4.69. The van der Waals surface area contributed by atoms with E-state index in [9.17, 15) is 13.2 Å². The average molecular weight is 383 g/mol. The SMILES string of the molecule is Cc1nnc2sc(C(=O)N3CCCN(S(C)(=O)=O)CC3)c(N)c2c1C. The van der Waals surface area contributed by atoms with Crippen LogP contribution in [0.1, 0.15) is 27.3 Å². The zero-order valence-corrected chi connectivity index (χ0v) is 16.1. The lowest BCUT2D eigenvalue weighted by molar-refractivity contribution is 0.0770. The number of carbonyl (C=O) groups excluding carboxylic acids is 1. The largest absolute Gasteiger partial charge is 0.397 e. The van der Waals surface area contributed by atoms with Gasteiger partial charge in [-0.25, -0.2) is 12.7 Å². The van der Waals surface area contributed by atoms with E-state index in [1.54, 1.807) is 4.90 Å². The second-order valence-electron chi connectivity index (χ2n) is 6.24. The Morgan fingerprint density at radius 3 is 2.56 bits per heavy atom. The first-order valence-corrected chi connectivity index (χ1v) is 10.6. The van der Waals surface area contributed by atoms with Gasteiger partial charge in [0.15, 0.2) is 0 Å². The molecule has 136 valence electrons. The predicted octanol–water partition coefficient (Wildman–Crippen LogP) is 0.998. The molecule has 8 nitrogen and oxygen atoms in total. The molecule has 0 bridgehead atoms. The standard InChI is InChI=1S/C15H21N5O3S2/c1-9-10(2)17-18-14-11(9)12(16)13(24-14)15(21)19-5-4-6-20(8-7-19)25(3,22)23/h4-8,16H2,1-3H3. The first-order valence-electron chi connectivity index (χ1n) is 7.96. The van der Waals surface area contributed by atoms with Crippen LogP contribution in [0.4, 0.5) is 5.69 Å². The highest BCUT2D eigenvalue weighted by Crippen LogP contribution is 2.35. The van der Waals surface area contributed by atoms with Gasteiger partial charge in [0.05, 0.1) is 17.6 Å². The Labute approximate surface area is 150 Å². The smallest absolute Gasteiger partial charge is 0.266 e. The molecule has 0 aromatic carbocycles. The summed E-state index contributed by atoms with van der Waals surface area (Å²) in [6, 6.07) is 0. The molecule has 10 heteroatoms. The number of aryl methyl sites for hydroxylation is 2. The number of thiophene rings is 1. The average Bonchev–Trinajstić information content (AvgIpc) is 2.73. The van der Waals surface area contributed by atoms with Crippen molar-refractivity contribution in [3.63, 3.8) is 0 Å². The van der Waals surface area contributed by atoms with Crippen molar-refractivity contribution in [1.29, 1.82) is 0 Å². The van der Waals surface area contributed by atoms with Gasteiger partial charge in [-0.15, -0.1) is 16.4 Å². The number of sulfonamides is 1. The molecule has 1 saturated heterocycles. The Morgan fingerprint density at radius 2 is 1.88 bits per heavy atom. The quantitative estimate of drug-likeness (QED) is 0.828. The summed E-state index contributed by atoms with van der Waals surface area (Å²) in [5.74, 6) is -0.173. The number of nitrogen functional groups attached to an aromatic ring is 1. The molecule has 1 aliphatic rings. The highest BCUT2D eigenvalue weighted by atomic mass is 32.2. The minimum absolute atomic E-state index is 0.173. The Hall–Kier alpha value is -1.78. The van der Waals surface area contributed by atoms with E-state index in [1.807, 2.05) is 13.8 Å². The molecule has 25 heavy (non-hydrogen) atoms. The molecule has 0 saturated carbocycles. The fraction of sp³-hybridized carbons (Fsp3) is 0.533. The van der Waals surface area contributed by atoms with E-state index in [4.69, 9.17) is 5.73 Å². The number of carbonyl (C=O) groups is 1. The number of aromatic nitrogens is 2. The third-order valence-corrected chi connectivity index (χ3v) is 6.92. The van der Waals surface area contributed by atoms with E-state index in [-0.39, 0.29) is 5.91 Å². The van der Waals surface area contributed by atoms with Gasteiger partial charge >= 0.3 is 0 Å². The van der Waals surface area contributed by atoms with Crippen molar-refractivity contribution < 1.29 is 13.2 Å². The minimum Gasteiger partial charge on any atom is -0.397 e. The maximum atomic E-state index is 12.9. The highest BCUT2D eigenvalue weighted by molar-refractivity contribution is 7.88. The molecule has 0 radical (unpaired) electrons. The van der Waals surface area contributed by atoms with Crippen LogP contribution in [-0.2, 0) is 10.0 Å². The van der Waals surface area contributed by atoms with Crippen LogP contribution >= 0.6 is 11.3 Å². The van der Waals surface area contributed by atoms with Crippen LogP contribution in [0.25, 0.3) is 10.2 Å². The molecular formula is C15H21N5O3S2. The van der Waals surface area contributed by atoms with Crippen molar-refractivity contribution in [3.05, 3.63) is 16.1 Å². The van der Waals surface area contributed by atoms with Gasteiger partial charge in [-0.2, -0.15) is 5.10 Å². The van der Waals surface area contributed by atoms with Gasteiger partial charge in [-0.3, -0.25) is 4.79 Å². The Bertz CT molecular complexity index is 938. The summed E-state index contributed by atoms with van der Waals surface area (Å²) >= 11 is 1.24. The van der Waals surface area contributed by atoms with E-state index in [1.165, 1.54) is 21.9 Å². The zero-order chi connectivity index (χ0) is 18.4. The topological polar surface area (TPSA) is 109 Å². The van der Waals surface area contributed by atoms with Crippen LogP contribution < -0.4 is 5.73 Å². The van der Waals surface area contributed by atoms with Crippen LogP contribution in [0.5, 0.6) is 0 Å². The Balaban J connectivity index is 1.90. The first kappa shape index (κ1) is 18.0. The monoisotopic (exact) mass is 383 g/mol. The number of nitrogens with two attached hydrogens (primary N) is 1. The lowest BCUT2D eigenvalue weighted by Gasteiger charge is -2.20. The third-order valence-electron chi connectivity index (χ3n) is 4.54. The number of hydrogen-bond donors (Lipinski definition) is 1. The summed E-state index contributed by atoms with van der Waals surface area (Å²) < 4.78 is 24.8. The van der Waals surface area contributed by atoms with Crippen molar-refractivity contribution >= 4 is 43.2 Å². The van der Waals surface area contributed by atoms with Crippen molar-refractivity contribution in [2.75, 3.05) is 38.2 Å². The molecule has 2 aromatic rings. The number of hydrogen-bond acceptors (Lipinski definition) is 7. The van der Waals surface area contributed by atoms with E-state index in [0.717, 1.165) is 16.6 Å². The molecule has 2 aromatic heterocycles. The van der Waals surface area contributed by atoms with Gasteiger partial charge < -0.3 is 10.6 Å². The van der Waals surface area contributed by atoms with Crippen molar-refractivity contribution in [3.8, 4) is 0 Å². The second-order valence-corrected chi connectivity index (χ2v) is 9.22. The van der Waals surface area contributed by atoms with Crippen LogP contribution in [0.15, 0.2) is 0 Å². The lowest BCUT2D eigenvalue weighted by Crippen LogP contribution is -2.36. The van der Waals surface area contributed by atoms with E-state index in [2.05, 4.69) is 10.2 Å². The summed E-state index contributed by atoms with van der Waals surface area (Å²) in [5, 5.41) is 9.02. The fourth-order valence-electron chi connectivity index (χ4n) is 2.97. The molecule has 3 rings (SSSR count). The maximum absolute atomic E-state index is 12.9. The molecule has 1 amide bonds. The molecule has 1 aliphatic heterocycles. The van der Waals surface area contributed by atoms with Gasteiger partial charge in [0.2, 0.25) is 10.0 Å². The molecule has 0 atom stereocenters. The number of amides is 1. The van der Waals surface area contributed by atoms with E-state index < -0.39 is 10.0 Å². The maximum Gasteiger partial charge on any atom is 0.266 e. The molecular weight excluding hydrogens is 362 g/mol. The summed E-state index contributed by atoms with van der Waals surface area (Å²) in [6.45, 7) is 5.35. The van der Waals surface area contributed by atoms with Crippen molar-refractivity contribution in [1.82, 2.24) is 19.4 Å². The second kappa shape index (κ2) is 6.50. The van der Waals surface area contributed by atoms with E-state index >= 15 is 0 Å². The van der Waals surface area contributed by atoms with Crippen LogP contribution in [0.3, 0.4) is 0 Å².